The molecule has 1 aliphatic heterocycles. The van der Waals surface area contributed by atoms with Gasteiger partial charge in [-0.15, -0.1) is 0 Å². The third kappa shape index (κ3) is 2.65. The third-order valence-corrected chi connectivity index (χ3v) is 5.14. The number of nitrogens with two attached hydrogens (primary N) is 1. The number of hydrogen-bond acceptors (Lipinski definition) is 6. The molecule has 2 rings (SSSR count). The fourth-order valence-electron chi connectivity index (χ4n) is 2.42. The van der Waals surface area contributed by atoms with E-state index in [9.17, 15) is 13.2 Å². The molecule has 112 valence electrons. The molecule has 7 nitrogen and oxygen atoms in total. The molecule has 0 saturated carbocycles. The maximum atomic E-state index is 11.9. The van der Waals surface area contributed by atoms with E-state index in [4.69, 9.17) is 10.5 Å². The number of aryl methyl sites for hydroxylation is 1. The van der Waals surface area contributed by atoms with Crippen molar-refractivity contribution >= 4 is 21.6 Å². The number of nitrogens with zero attached hydrogens (tertiary/aromatic N) is 2. The summed E-state index contributed by atoms with van der Waals surface area (Å²) in [5.74, 6) is -0.159. The largest absolute Gasteiger partial charge is 0.462 e. The number of nitrogen functional groups attached to an aromatic ring is 1. The van der Waals surface area contributed by atoms with Crippen LogP contribution in [-0.2, 0) is 21.0 Å². The van der Waals surface area contributed by atoms with Crippen molar-refractivity contribution in [2.45, 2.75) is 32.7 Å². The highest BCUT2D eigenvalue weighted by molar-refractivity contribution is 7.91. The second-order valence-electron chi connectivity index (χ2n) is 4.78. The number of anilines is 1. The topological polar surface area (TPSA) is 104 Å². The van der Waals surface area contributed by atoms with Gasteiger partial charge in [0.1, 0.15) is 11.4 Å². The van der Waals surface area contributed by atoms with Crippen LogP contribution in [-0.4, -0.2) is 42.3 Å². The average molecular weight is 301 g/mol. The molecule has 1 aromatic heterocycles. The van der Waals surface area contributed by atoms with Crippen LogP contribution in [0.5, 0.6) is 0 Å². The van der Waals surface area contributed by atoms with Crippen LogP contribution in [0.1, 0.15) is 42.4 Å². The zero-order valence-corrected chi connectivity index (χ0v) is 12.4. The zero-order chi connectivity index (χ0) is 14.9. The number of aromatic nitrogens is 2. The van der Waals surface area contributed by atoms with Crippen LogP contribution in [0, 0.1) is 0 Å². The van der Waals surface area contributed by atoms with Crippen LogP contribution in [0.3, 0.4) is 0 Å². The number of carbonyl (C=O) groups is 1. The third-order valence-electron chi connectivity index (χ3n) is 3.39. The van der Waals surface area contributed by atoms with Gasteiger partial charge in [-0.25, -0.2) is 17.9 Å². The minimum Gasteiger partial charge on any atom is -0.462 e. The van der Waals surface area contributed by atoms with Crippen LogP contribution < -0.4 is 5.73 Å². The Labute approximate surface area is 118 Å². The maximum absolute atomic E-state index is 11.9. The van der Waals surface area contributed by atoms with Crippen molar-refractivity contribution in [3.63, 3.8) is 0 Å². The second-order valence-corrected chi connectivity index (χ2v) is 7.01. The summed E-state index contributed by atoms with van der Waals surface area (Å²) in [5.41, 5.74) is 6.79. The number of hydrogen-bond donors (Lipinski definition) is 1. The highest BCUT2D eigenvalue weighted by Crippen LogP contribution is 2.29. The van der Waals surface area contributed by atoms with Crippen LogP contribution >= 0.6 is 0 Å². The van der Waals surface area contributed by atoms with Gasteiger partial charge in [0.2, 0.25) is 0 Å². The molecule has 1 aliphatic rings. The zero-order valence-electron chi connectivity index (χ0n) is 11.6. The van der Waals surface area contributed by atoms with Crippen molar-refractivity contribution in [1.82, 2.24) is 9.78 Å². The van der Waals surface area contributed by atoms with Crippen molar-refractivity contribution in [3.8, 4) is 0 Å². The summed E-state index contributed by atoms with van der Waals surface area (Å²) in [6.07, 6.45) is 1.00. The quantitative estimate of drug-likeness (QED) is 0.815. The van der Waals surface area contributed by atoms with E-state index in [1.54, 1.807) is 6.92 Å². The molecule has 0 aromatic carbocycles. The SMILES string of the molecule is CCOC(=O)c1c(CC)nn(C2CCS(=O)(=O)C2)c1N. The van der Waals surface area contributed by atoms with Gasteiger partial charge >= 0.3 is 5.97 Å². The fourth-order valence-corrected chi connectivity index (χ4v) is 4.11. The lowest BCUT2D eigenvalue weighted by molar-refractivity contribution is 0.0526. The van der Waals surface area contributed by atoms with Gasteiger partial charge in [0.25, 0.3) is 0 Å². The van der Waals surface area contributed by atoms with Crippen molar-refractivity contribution in [1.29, 1.82) is 0 Å². The van der Waals surface area contributed by atoms with E-state index in [1.807, 2.05) is 6.92 Å². The summed E-state index contributed by atoms with van der Waals surface area (Å²) in [7, 11) is -3.03. The molecule has 0 radical (unpaired) electrons. The minimum atomic E-state index is -3.03. The summed E-state index contributed by atoms with van der Waals surface area (Å²) in [4.78, 5) is 11.9. The van der Waals surface area contributed by atoms with Crippen molar-refractivity contribution in [2.75, 3.05) is 23.8 Å². The number of sulfone groups is 1. The Morgan fingerprint density at radius 3 is 2.70 bits per heavy atom. The van der Waals surface area contributed by atoms with Crippen molar-refractivity contribution in [3.05, 3.63) is 11.3 Å². The predicted octanol–water partition coefficient (Wildman–Crippen LogP) is 0.564. The molecule has 0 aliphatic carbocycles. The Morgan fingerprint density at radius 2 is 2.20 bits per heavy atom. The van der Waals surface area contributed by atoms with Gasteiger partial charge < -0.3 is 10.5 Å². The highest BCUT2D eigenvalue weighted by atomic mass is 32.2. The average Bonchev–Trinajstić information content (AvgIpc) is 2.89. The molecular formula is C12H19N3O4S. The Balaban J connectivity index is 2.39. The Hall–Kier alpha value is -1.57. The van der Waals surface area contributed by atoms with Crippen molar-refractivity contribution in [2.24, 2.45) is 0 Å². The second kappa shape index (κ2) is 5.43. The van der Waals surface area contributed by atoms with Crippen molar-refractivity contribution < 1.29 is 17.9 Å². The highest BCUT2D eigenvalue weighted by Gasteiger charge is 2.33. The monoisotopic (exact) mass is 301 g/mol. The number of carbonyl (C=O) groups excluding carboxylic acids is 1. The molecule has 2 heterocycles. The molecule has 0 bridgehead atoms. The lowest BCUT2D eigenvalue weighted by Gasteiger charge is -2.10. The van der Waals surface area contributed by atoms with Crippen LogP contribution in [0.4, 0.5) is 5.82 Å². The first-order valence-corrected chi connectivity index (χ1v) is 8.46. The number of esters is 1. The molecule has 0 amide bonds. The molecule has 1 saturated heterocycles. The molecule has 8 heteroatoms. The summed E-state index contributed by atoms with van der Waals surface area (Å²) in [6.45, 7) is 3.83. The molecule has 20 heavy (non-hydrogen) atoms. The Bertz CT molecular complexity index is 621. The first-order chi connectivity index (χ1) is 9.39. The molecule has 1 fully saturated rings. The number of ether oxygens (including phenoxy) is 1. The number of rotatable bonds is 4. The first kappa shape index (κ1) is 14.8. The van der Waals surface area contributed by atoms with E-state index in [2.05, 4.69) is 5.10 Å². The van der Waals surface area contributed by atoms with Gasteiger partial charge in [0.15, 0.2) is 9.84 Å². The van der Waals surface area contributed by atoms with Crippen LogP contribution in [0.2, 0.25) is 0 Å². The molecule has 2 N–H and O–H groups in total. The van der Waals surface area contributed by atoms with Crippen LogP contribution in [0.15, 0.2) is 0 Å². The molecule has 0 spiro atoms. The molecule has 1 aromatic rings. The Morgan fingerprint density at radius 1 is 1.50 bits per heavy atom. The lowest BCUT2D eigenvalue weighted by atomic mass is 10.2. The van der Waals surface area contributed by atoms with Gasteiger partial charge in [-0.1, -0.05) is 6.92 Å². The summed E-state index contributed by atoms with van der Waals surface area (Å²) >= 11 is 0. The molecule has 1 unspecified atom stereocenters. The van der Waals surface area contributed by atoms with Crippen LogP contribution in [0.25, 0.3) is 0 Å². The Kier molecular flexibility index (Phi) is 4.03. The van der Waals surface area contributed by atoms with E-state index in [0.29, 0.717) is 18.5 Å². The molecule has 1 atom stereocenters. The van der Waals surface area contributed by atoms with E-state index in [-0.39, 0.29) is 35.5 Å². The normalized spacial score (nSPS) is 21.0. The van der Waals surface area contributed by atoms with Gasteiger partial charge in [0.05, 0.1) is 29.8 Å². The van der Waals surface area contributed by atoms with E-state index >= 15 is 0 Å². The minimum absolute atomic E-state index is 0.0182. The predicted molar refractivity (Wildman–Crippen MR) is 74.3 cm³/mol. The summed E-state index contributed by atoms with van der Waals surface area (Å²) in [5, 5.41) is 4.31. The van der Waals surface area contributed by atoms with E-state index in [0.717, 1.165) is 0 Å². The van der Waals surface area contributed by atoms with Gasteiger partial charge in [0, 0.05) is 0 Å². The summed E-state index contributed by atoms with van der Waals surface area (Å²) < 4.78 is 29.5. The van der Waals surface area contributed by atoms with E-state index < -0.39 is 15.8 Å². The van der Waals surface area contributed by atoms with E-state index in [1.165, 1.54) is 4.68 Å². The smallest absolute Gasteiger partial charge is 0.343 e. The molecular weight excluding hydrogens is 282 g/mol. The lowest BCUT2D eigenvalue weighted by Crippen LogP contribution is -2.16. The maximum Gasteiger partial charge on any atom is 0.343 e. The standard InChI is InChI=1S/C12H19N3O4S/c1-3-9-10(12(16)19-4-2)11(13)15(14-9)8-5-6-20(17,18)7-8/h8H,3-7,13H2,1-2H3. The summed E-state index contributed by atoms with van der Waals surface area (Å²) in [6, 6.07) is -0.298. The van der Waals surface area contributed by atoms with Gasteiger partial charge in [-0.2, -0.15) is 5.10 Å². The fraction of sp³-hybridized carbons (Fsp3) is 0.667. The van der Waals surface area contributed by atoms with Gasteiger partial charge in [-0.05, 0) is 19.8 Å². The first-order valence-electron chi connectivity index (χ1n) is 6.64. The van der Waals surface area contributed by atoms with Gasteiger partial charge in [-0.3, -0.25) is 0 Å².